The van der Waals surface area contributed by atoms with Crippen molar-refractivity contribution in [3.05, 3.63) is 35.9 Å². The van der Waals surface area contributed by atoms with Crippen molar-refractivity contribution >= 4 is 11.9 Å². The van der Waals surface area contributed by atoms with Crippen LogP contribution in [0.3, 0.4) is 0 Å². The van der Waals surface area contributed by atoms with E-state index in [1.165, 1.54) is 25.7 Å². The highest BCUT2D eigenvalue weighted by molar-refractivity contribution is 5.89. The lowest BCUT2D eigenvalue weighted by atomic mass is 9.32. The Morgan fingerprint density at radius 2 is 1.51 bits per heavy atom. The van der Waals surface area contributed by atoms with E-state index in [0.717, 1.165) is 38.5 Å². The zero-order valence-electron chi connectivity index (χ0n) is 26.7. The van der Waals surface area contributed by atoms with Gasteiger partial charge in [-0.3, -0.25) is 4.79 Å². The zero-order valence-corrected chi connectivity index (χ0v) is 26.7. The molecule has 0 heterocycles. The van der Waals surface area contributed by atoms with E-state index < -0.39 is 11.4 Å². The van der Waals surface area contributed by atoms with Crippen LogP contribution in [0.4, 0.5) is 0 Å². The molecule has 0 amide bonds. The number of fused-ring (bicyclic) bond motifs is 7. The van der Waals surface area contributed by atoms with Crippen LogP contribution in [-0.4, -0.2) is 23.1 Å². The van der Waals surface area contributed by atoms with Gasteiger partial charge in [0.2, 0.25) is 0 Å². The molecule has 5 aliphatic rings. The summed E-state index contributed by atoms with van der Waals surface area (Å²) < 4.78 is 6.27. The lowest BCUT2D eigenvalue weighted by Crippen LogP contribution is -2.67. The van der Waals surface area contributed by atoms with E-state index in [9.17, 15) is 14.7 Å². The van der Waals surface area contributed by atoms with Gasteiger partial charge >= 0.3 is 11.9 Å². The third-order valence-electron chi connectivity index (χ3n) is 15.0. The van der Waals surface area contributed by atoms with E-state index in [2.05, 4.69) is 48.5 Å². The number of benzene rings is 1. The minimum Gasteiger partial charge on any atom is -0.481 e. The lowest BCUT2D eigenvalue weighted by molar-refractivity contribution is -0.249. The Balaban J connectivity index is 1.30. The summed E-state index contributed by atoms with van der Waals surface area (Å²) in [4.78, 5) is 26.0. The average Bonchev–Trinajstić information content (AvgIpc) is 3.33. The summed E-state index contributed by atoms with van der Waals surface area (Å²) in [5, 5.41) is 10.6. The third kappa shape index (κ3) is 3.90. The highest BCUT2D eigenvalue weighted by atomic mass is 16.5. The maximum absolute atomic E-state index is 13.1. The minimum absolute atomic E-state index is 0.0688. The largest absolute Gasteiger partial charge is 0.481 e. The van der Waals surface area contributed by atoms with Crippen LogP contribution in [-0.2, 0) is 9.53 Å². The van der Waals surface area contributed by atoms with E-state index in [1.807, 2.05) is 30.3 Å². The number of carboxylic acids is 1. The number of rotatable bonds is 4. The second kappa shape index (κ2) is 9.58. The van der Waals surface area contributed by atoms with Gasteiger partial charge in [-0.05, 0) is 128 Å². The number of hydrogen-bond acceptors (Lipinski definition) is 3. The van der Waals surface area contributed by atoms with Crippen LogP contribution in [0, 0.1) is 62.6 Å². The molecule has 5 fully saturated rings. The molecule has 0 saturated heterocycles. The summed E-state index contributed by atoms with van der Waals surface area (Å²) in [5.41, 5.74) is 0.627. The molecule has 1 aromatic rings. The topological polar surface area (TPSA) is 63.6 Å². The van der Waals surface area contributed by atoms with Gasteiger partial charge in [0.15, 0.2) is 0 Å². The summed E-state index contributed by atoms with van der Waals surface area (Å²) >= 11 is 0. The van der Waals surface area contributed by atoms with E-state index >= 15 is 0 Å². The van der Waals surface area contributed by atoms with Gasteiger partial charge in [-0.2, -0.15) is 0 Å². The Kier molecular flexibility index (Phi) is 6.83. The molecule has 5 saturated carbocycles. The molecule has 1 aromatic carbocycles. The average molecular weight is 563 g/mol. The summed E-state index contributed by atoms with van der Waals surface area (Å²) in [6.45, 7) is 17.2. The lowest BCUT2D eigenvalue weighted by Gasteiger charge is -2.72. The van der Waals surface area contributed by atoms with Gasteiger partial charge in [-0.15, -0.1) is 0 Å². The van der Waals surface area contributed by atoms with Crippen LogP contribution in [0.25, 0.3) is 0 Å². The molecule has 0 bridgehead atoms. The van der Waals surface area contributed by atoms with Gasteiger partial charge in [0, 0.05) is 5.41 Å². The number of esters is 1. The van der Waals surface area contributed by atoms with E-state index in [4.69, 9.17) is 4.74 Å². The first kappa shape index (κ1) is 29.2. The predicted molar refractivity (Wildman–Crippen MR) is 162 cm³/mol. The summed E-state index contributed by atoms with van der Waals surface area (Å²) in [6, 6.07) is 9.44. The molecule has 0 aromatic heterocycles. The number of carbonyl (C=O) groups excluding carboxylic acids is 1. The first-order valence-electron chi connectivity index (χ1n) is 16.7. The Morgan fingerprint density at radius 3 is 2.17 bits per heavy atom. The fraction of sp³-hybridized carbons (Fsp3) is 0.784. The summed E-state index contributed by atoms with van der Waals surface area (Å²) in [7, 11) is 0. The summed E-state index contributed by atoms with van der Waals surface area (Å²) in [5.74, 6) is 2.30. The molecule has 10 atom stereocenters. The molecule has 5 aliphatic carbocycles. The van der Waals surface area contributed by atoms with Crippen LogP contribution in [0.2, 0.25) is 0 Å². The van der Waals surface area contributed by atoms with E-state index in [1.54, 1.807) is 0 Å². The molecule has 226 valence electrons. The molecule has 6 rings (SSSR count). The van der Waals surface area contributed by atoms with Gasteiger partial charge in [-0.1, -0.05) is 66.7 Å². The zero-order chi connectivity index (χ0) is 29.6. The molecule has 41 heavy (non-hydrogen) atoms. The molecule has 4 unspecified atom stereocenters. The Bertz CT molecular complexity index is 1190. The standard InChI is InChI=1S/C37H54O4/c1-23(2)25-15-20-37(32(39)40)22-21-35(6)26(30(25)37)13-14-28-34(5)18-17-29(41-31(38)24-11-9-8-10-12-24)33(3,4)27(34)16-19-36(28,35)7/h8-12,23,25-30H,13-22H2,1-7H3,(H,39,40)/t25?,26-,27+,28?,29+,30?,34+,35-,36-,37?/m1/s1. The SMILES string of the molecule is CC(C)C1CCC2(C(=O)O)CC[C@]3(C)[C@H](CCC4[C@@]5(C)CC[C@H](OC(=O)c6ccccc6)C(C)(C)[C@@H]5CC[C@]43C)C12. The van der Waals surface area contributed by atoms with Crippen molar-refractivity contribution in [1.82, 2.24) is 0 Å². The van der Waals surface area contributed by atoms with Gasteiger partial charge < -0.3 is 9.84 Å². The Hall–Kier alpha value is -1.84. The highest BCUT2D eigenvalue weighted by Crippen LogP contribution is 2.77. The third-order valence-corrected chi connectivity index (χ3v) is 15.0. The molecular weight excluding hydrogens is 508 g/mol. The van der Waals surface area contributed by atoms with E-state index in [0.29, 0.717) is 41.1 Å². The van der Waals surface area contributed by atoms with Crippen LogP contribution >= 0.6 is 0 Å². The second-order valence-corrected chi connectivity index (χ2v) is 16.7. The number of aliphatic carboxylic acids is 1. The molecule has 4 nitrogen and oxygen atoms in total. The van der Waals surface area contributed by atoms with Crippen molar-refractivity contribution in [3.63, 3.8) is 0 Å². The van der Waals surface area contributed by atoms with Crippen molar-refractivity contribution in [2.45, 2.75) is 119 Å². The molecule has 0 spiro atoms. The van der Waals surface area contributed by atoms with Crippen molar-refractivity contribution in [3.8, 4) is 0 Å². The van der Waals surface area contributed by atoms with Gasteiger partial charge in [0.25, 0.3) is 0 Å². The molecule has 0 aliphatic heterocycles. The Labute approximate surface area is 248 Å². The van der Waals surface area contributed by atoms with Crippen LogP contribution in [0.15, 0.2) is 30.3 Å². The first-order valence-corrected chi connectivity index (χ1v) is 16.7. The molecule has 4 heteroatoms. The fourth-order valence-corrected chi connectivity index (χ4v) is 12.7. The normalized spacial score (nSPS) is 46.5. The van der Waals surface area contributed by atoms with Gasteiger partial charge in [-0.25, -0.2) is 4.79 Å². The number of hydrogen-bond donors (Lipinski definition) is 1. The smallest absolute Gasteiger partial charge is 0.338 e. The van der Waals surface area contributed by atoms with Crippen molar-refractivity contribution in [2.24, 2.45) is 62.6 Å². The van der Waals surface area contributed by atoms with E-state index in [-0.39, 0.29) is 33.7 Å². The van der Waals surface area contributed by atoms with Crippen molar-refractivity contribution in [1.29, 1.82) is 0 Å². The van der Waals surface area contributed by atoms with Crippen LogP contribution in [0.5, 0.6) is 0 Å². The predicted octanol–water partition coefficient (Wildman–Crippen LogP) is 9.03. The van der Waals surface area contributed by atoms with Crippen molar-refractivity contribution in [2.75, 3.05) is 0 Å². The monoisotopic (exact) mass is 562 g/mol. The second-order valence-electron chi connectivity index (χ2n) is 16.7. The maximum atomic E-state index is 13.1. The van der Waals surface area contributed by atoms with Crippen molar-refractivity contribution < 1.29 is 19.4 Å². The number of ether oxygens (including phenoxy) is 1. The number of carboxylic acid groups (broad SMARTS) is 1. The quantitative estimate of drug-likeness (QED) is 0.372. The van der Waals surface area contributed by atoms with Crippen LogP contribution < -0.4 is 0 Å². The number of carbonyl (C=O) groups is 2. The molecule has 1 N–H and O–H groups in total. The maximum Gasteiger partial charge on any atom is 0.338 e. The fourth-order valence-electron chi connectivity index (χ4n) is 12.7. The molecule has 0 radical (unpaired) electrons. The first-order chi connectivity index (χ1) is 19.2. The van der Waals surface area contributed by atoms with Crippen LogP contribution in [0.1, 0.15) is 123 Å². The minimum atomic E-state index is -0.513. The molecular formula is C37H54O4. The summed E-state index contributed by atoms with van der Waals surface area (Å²) in [6.07, 6.45) is 10.6. The Morgan fingerprint density at radius 1 is 0.805 bits per heavy atom. The highest BCUT2D eigenvalue weighted by Gasteiger charge is 2.72. The van der Waals surface area contributed by atoms with Gasteiger partial charge in [0.1, 0.15) is 6.10 Å². The van der Waals surface area contributed by atoms with Gasteiger partial charge in [0.05, 0.1) is 11.0 Å².